The number of nitrogens with zero attached hydrogens (tertiary/aromatic N) is 2. The van der Waals surface area contributed by atoms with Crippen LogP contribution in [-0.4, -0.2) is 17.1 Å². The van der Waals surface area contributed by atoms with E-state index >= 15 is 0 Å². The van der Waals surface area contributed by atoms with Crippen LogP contribution >= 0.6 is 0 Å². The van der Waals surface area contributed by atoms with Crippen LogP contribution in [0, 0.1) is 6.92 Å². The highest BCUT2D eigenvalue weighted by atomic mass is 16.5. The minimum Gasteiger partial charge on any atom is -0.497 e. The van der Waals surface area contributed by atoms with E-state index in [1.165, 1.54) is 0 Å². The van der Waals surface area contributed by atoms with E-state index in [2.05, 4.69) is 9.97 Å². The number of hydrogen-bond acceptors (Lipinski definition) is 5. The van der Waals surface area contributed by atoms with Gasteiger partial charge in [0.25, 0.3) is 0 Å². The second-order valence-electron chi connectivity index (χ2n) is 4.06. The van der Waals surface area contributed by atoms with Gasteiger partial charge in [-0.2, -0.15) is 4.98 Å². The van der Waals surface area contributed by atoms with E-state index in [4.69, 9.17) is 16.2 Å². The van der Waals surface area contributed by atoms with E-state index < -0.39 is 0 Å². The SMILES string of the molecule is COc1ccc(Cc2c(C)nc(N)nc2N)cc1. The van der Waals surface area contributed by atoms with Crippen LogP contribution in [0.3, 0.4) is 0 Å². The number of anilines is 2. The Bertz CT molecular complexity index is 528. The van der Waals surface area contributed by atoms with Crippen molar-refractivity contribution in [3.63, 3.8) is 0 Å². The minimum atomic E-state index is 0.212. The van der Waals surface area contributed by atoms with E-state index in [1.807, 2.05) is 31.2 Å². The topological polar surface area (TPSA) is 87.0 Å². The molecule has 0 spiro atoms. The molecular formula is C13H16N4O. The van der Waals surface area contributed by atoms with Crippen molar-refractivity contribution in [2.75, 3.05) is 18.6 Å². The molecule has 0 bridgehead atoms. The molecular weight excluding hydrogens is 228 g/mol. The van der Waals surface area contributed by atoms with Gasteiger partial charge in [0.15, 0.2) is 0 Å². The first-order chi connectivity index (χ1) is 8.60. The monoisotopic (exact) mass is 244 g/mol. The van der Waals surface area contributed by atoms with Gasteiger partial charge in [0, 0.05) is 17.7 Å². The van der Waals surface area contributed by atoms with Gasteiger partial charge in [-0.05, 0) is 24.6 Å². The Morgan fingerprint density at radius 1 is 1.11 bits per heavy atom. The molecule has 1 aromatic heterocycles. The molecule has 0 amide bonds. The minimum absolute atomic E-state index is 0.212. The molecule has 0 atom stereocenters. The molecule has 0 aliphatic heterocycles. The Kier molecular flexibility index (Phi) is 3.32. The molecule has 5 nitrogen and oxygen atoms in total. The summed E-state index contributed by atoms with van der Waals surface area (Å²) in [6.07, 6.45) is 0.682. The molecule has 0 saturated heterocycles. The third kappa shape index (κ3) is 2.51. The maximum absolute atomic E-state index is 5.87. The molecule has 0 unspecified atom stereocenters. The predicted molar refractivity (Wildman–Crippen MR) is 71.4 cm³/mol. The third-order valence-corrected chi connectivity index (χ3v) is 2.80. The predicted octanol–water partition coefficient (Wildman–Crippen LogP) is 1.55. The van der Waals surface area contributed by atoms with Gasteiger partial charge < -0.3 is 16.2 Å². The molecule has 2 rings (SSSR count). The Morgan fingerprint density at radius 2 is 1.78 bits per heavy atom. The Balaban J connectivity index is 2.28. The van der Waals surface area contributed by atoms with Crippen molar-refractivity contribution in [3.8, 4) is 5.75 Å². The molecule has 0 aliphatic carbocycles. The van der Waals surface area contributed by atoms with Crippen molar-refractivity contribution in [2.45, 2.75) is 13.3 Å². The van der Waals surface area contributed by atoms with E-state index in [9.17, 15) is 0 Å². The average Bonchev–Trinajstić information content (AvgIpc) is 2.34. The zero-order valence-corrected chi connectivity index (χ0v) is 10.5. The fraction of sp³-hybridized carbons (Fsp3) is 0.231. The van der Waals surface area contributed by atoms with E-state index in [-0.39, 0.29) is 5.95 Å². The summed E-state index contributed by atoms with van der Waals surface area (Å²) in [6.45, 7) is 1.88. The largest absolute Gasteiger partial charge is 0.497 e. The fourth-order valence-corrected chi connectivity index (χ4v) is 1.81. The van der Waals surface area contributed by atoms with Gasteiger partial charge in [-0.3, -0.25) is 0 Å². The Hall–Kier alpha value is -2.30. The summed E-state index contributed by atoms with van der Waals surface area (Å²) < 4.78 is 5.12. The van der Waals surface area contributed by atoms with Gasteiger partial charge in [0.2, 0.25) is 5.95 Å². The summed E-state index contributed by atoms with van der Waals surface area (Å²) in [4.78, 5) is 8.11. The zero-order valence-electron chi connectivity index (χ0n) is 10.5. The number of nitrogens with two attached hydrogens (primary N) is 2. The van der Waals surface area contributed by atoms with Gasteiger partial charge in [-0.25, -0.2) is 4.98 Å². The molecule has 94 valence electrons. The van der Waals surface area contributed by atoms with Gasteiger partial charge >= 0.3 is 0 Å². The number of benzene rings is 1. The van der Waals surface area contributed by atoms with Crippen molar-refractivity contribution >= 4 is 11.8 Å². The lowest BCUT2D eigenvalue weighted by Crippen LogP contribution is -2.07. The van der Waals surface area contributed by atoms with Crippen LogP contribution in [0.4, 0.5) is 11.8 Å². The van der Waals surface area contributed by atoms with Crippen molar-refractivity contribution in [3.05, 3.63) is 41.1 Å². The van der Waals surface area contributed by atoms with Gasteiger partial charge in [-0.15, -0.1) is 0 Å². The number of methoxy groups -OCH3 is 1. The highest BCUT2D eigenvalue weighted by Crippen LogP contribution is 2.20. The lowest BCUT2D eigenvalue weighted by molar-refractivity contribution is 0.414. The standard InChI is InChI=1S/C13H16N4O/c1-8-11(12(14)17-13(15)16-8)7-9-3-5-10(18-2)6-4-9/h3-6H,7H2,1-2H3,(H4,14,15,16,17). The number of nitrogen functional groups attached to an aromatic ring is 2. The lowest BCUT2D eigenvalue weighted by atomic mass is 10.0. The van der Waals surface area contributed by atoms with Crippen LogP contribution in [0.1, 0.15) is 16.8 Å². The molecule has 1 aromatic carbocycles. The maximum Gasteiger partial charge on any atom is 0.222 e. The normalized spacial score (nSPS) is 10.3. The van der Waals surface area contributed by atoms with Gasteiger partial charge in [0.05, 0.1) is 7.11 Å². The average molecular weight is 244 g/mol. The molecule has 0 saturated carbocycles. The summed E-state index contributed by atoms with van der Waals surface area (Å²) in [7, 11) is 1.64. The van der Waals surface area contributed by atoms with E-state index in [0.29, 0.717) is 12.2 Å². The van der Waals surface area contributed by atoms with Crippen LogP contribution in [-0.2, 0) is 6.42 Å². The quantitative estimate of drug-likeness (QED) is 0.855. The molecule has 18 heavy (non-hydrogen) atoms. The van der Waals surface area contributed by atoms with Gasteiger partial charge in [-0.1, -0.05) is 12.1 Å². The number of ether oxygens (including phenoxy) is 1. The fourth-order valence-electron chi connectivity index (χ4n) is 1.81. The lowest BCUT2D eigenvalue weighted by Gasteiger charge is -2.09. The van der Waals surface area contributed by atoms with E-state index in [1.54, 1.807) is 7.11 Å². The Morgan fingerprint density at radius 3 is 2.33 bits per heavy atom. The highest BCUT2D eigenvalue weighted by molar-refractivity contribution is 5.48. The Labute approximate surface area is 106 Å². The molecule has 0 fully saturated rings. The maximum atomic E-state index is 5.87. The molecule has 0 radical (unpaired) electrons. The van der Waals surface area contributed by atoms with Crippen molar-refractivity contribution in [1.82, 2.24) is 9.97 Å². The first kappa shape index (κ1) is 12.2. The number of aromatic nitrogens is 2. The molecule has 0 aliphatic rings. The molecule has 1 heterocycles. The highest BCUT2D eigenvalue weighted by Gasteiger charge is 2.08. The molecule has 5 heteroatoms. The second kappa shape index (κ2) is 4.91. The number of rotatable bonds is 3. The zero-order chi connectivity index (χ0) is 13.1. The number of aryl methyl sites for hydroxylation is 1. The first-order valence-electron chi connectivity index (χ1n) is 5.61. The van der Waals surface area contributed by atoms with Crippen LogP contribution < -0.4 is 16.2 Å². The first-order valence-corrected chi connectivity index (χ1v) is 5.61. The summed E-state index contributed by atoms with van der Waals surface area (Å²) in [5.41, 5.74) is 14.3. The third-order valence-electron chi connectivity index (χ3n) is 2.80. The number of hydrogen-bond donors (Lipinski definition) is 2. The second-order valence-corrected chi connectivity index (χ2v) is 4.06. The summed E-state index contributed by atoms with van der Waals surface area (Å²) in [5, 5.41) is 0. The summed E-state index contributed by atoms with van der Waals surface area (Å²) in [5.74, 6) is 1.48. The molecule has 2 aromatic rings. The molecule has 4 N–H and O–H groups in total. The van der Waals surface area contributed by atoms with Crippen LogP contribution in [0.5, 0.6) is 5.75 Å². The van der Waals surface area contributed by atoms with Crippen molar-refractivity contribution in [1.29, 1.82) is 0 Å². The summed E-state index contributed by atoms with van der Waals surface area (Å²) in [6, 6.07) is 7.82. The van der Waals surface area contributed by atoms with Crippen LogP contribution in [0.25, 0.3) is 0 Å². The van der Waals surface area contributed by atoms with Gasteiger partial charge in [0.1, 0.15) is 11.6 Å². The van der Waals surface area contributed by atoms with Crippen LogP contribution in [0.2, 0.25) is 0 Å². The van der Waals surface area contributed by atoms with Crippen molar-refractivity contribution in [2.24, 2.45) is 0 Å². The van der Waals surface area contributed by atoms with Crippen LogP contribution in [0.15, 0.2) is 24.3 Å². The van der Waals surface area contributed by atoms with Crippen molar-refractivity contribution < 1.29 is 4.74 Å². The smallest absolute Gasteiger partial charge is 0.222 e. The van der Waals surface area contributed by atoms with E-state index in [0.717, 1.165) is 22.6 Å². The summed E-state index contributed by atoms with van der Waals surface area (Å²) >= 11 is 0.